The number of aryl methyl sites for hydroxylation is 1. The van der Waals surface area contributed by atoms with E-state index in [-0.39, 0.29) is 5.92 Å². The van der Waals surface area contributed by atoms with Crippen LogP contribution in [0.15, 0.2) is 34.3 Å². The number of likely N-dealkylation sites (tertiary alicyclic amines) is 2. The van der Waals surface area contributed by atoms with Crippen molar-refractivity contribution in [3.8, 4) is 0 Å². The number of Topliss-reactive ketones (excluding diaryl/α,β-unsaturated/α-hetero) is 1. The molecule has 2 saturated heterocycles. The van der Waals surface area contributed by atoms with Crippen molar-refractivity contribution >= 4 is 17.1 Å². The second kappa shape index (κ2) is 8.07. The summed E-state index contributed by atoms with van der Waals surface area (Å²) < 4.78 is 5.48. The minimum absolute atomic E-state index is 0.183. The molecular weight excluding hydrogens is 344 g/mol. The van der Waals surface area contributed by atoms with Crippen molar-refractivity contribution in [1.82, 2.24) is 9.80 Å². The number of hydrogen-bond acceptors (Lipinski definition) is 5. The Hall–Kier alpha value is -1.43. The number of hydrogen-bond donors (Lipinski definition) is 0. The summed E-state index contributed by atoms with van der Waals surface area (Å²) in [5, 5.41) is 2.04. The number of piperidine rings is 2. The Kier molecular flexibility index (Phi) is 5.57. The molecule has 4 rings (SSSR count). The van der Waals surface area contributed by atoms with Crippen LogP contribution in [0.3, 0.4) is 0 Å². The van der Waals surface area contributed by atoms with Crippen LogP contribution in [0.2, 0.25) is 0 Å². The smallest absolute Gasteiger partial charge is 0.177 e. The van der Waals surface area contributed by atoms with Gasteiger partial charge in [0.05, 0.1) is 17.7 Å². The van der Waals surface area contributed by atoms with E-state index in [9.17, 15) is 4.79 Å². The molecule has 0 N–H and O–H groups in total. The van der Waals surface area contributed by atoms with Gasteiger partial charge >= 0.3 is 0 Å². The topological polar surface area (TPSA) is 36.7 Å². The van der Waals surface area contributed by atoms with Crippen LogP contribution in [0.5, 0.6) is 0 Å². The lowest BCUT2D eigenvalue weighted by Gasteiger charge is -2.42. The van der Waals surface area contributed by atoms with Crippen molar-refractivity contribution in [2.24, 2.45) is 5.92 Å². The summed E-state index contributed by atoms with van der Waals surface area (Å²) >= 11 is 1.61. The van der Waals surface area contributed by atoms with Crippen LogP contribution < -0.4 is 0 Å². The predicted octanol–water partition coefficient (Wildman–Crippen LogP) is 4.21. The van der Waals surface area contributed by atoms with E-state index < -0.39 is 0 Å². The molecule has 26 heavy (non-hydrogen) atoms. The van der Waals surface area contributed by atoms with Gasteiger partial charge in [0.1, 0.15) is 5.76 Å². The number of carbonyl (C=O) groups excluding carboxylic acids is 1. The largest absolute Gasteiger partial charge is 0.468 e. The molecule has 0 bridgehead atoms. The van der Waals surface area contributed by atoms with Crippen molar-refractivity contribution in [3.63, 3.8) is 0 Å². The highest BCUT2D eigenvalue weighted by molar-refractivity contribution is 7.12. The van der Waals surface area contributed by atoms with Crippen LogP contribution in [0.25, 0.3) is 0 Å². The summed E-state index contributed by atoms with van der Waals surface area (Å²) in [7, 11) is 0. The quantitative estimate of drug-likeness (QED) is 0.737. The molecule has 0 spiro atoms. The molecule has 2 aliphatic rings. The van der Waals surface area contributed by atoms with Gasteiger partial charge in [0.15, 0.2) is 5.78 Å². The maximum Gasteiger partial charge on any atom is 0.177 e. The Morgan fingerprint density at radius 2 is 2.08 bits per heavy atom. The zero-order chi connectivity index (χ0) is 17.9. The van der Waals surface area contributed by atoms with Crippen LogP contribution in [-0.2, 0) is 6.54 Å². The lowest BCUT2D eigenvalue weighted by molar-refractivity contribution is 0.0575. The highest BCUT2D eigenvalue weighted by Crippen LogP contribution is 2.28. The summed E-state index contributed by atoms with van der Waals surface area (Å²) in [5.41, 5.74) is 1.14. The predicted molar refractivity (Wildman–Crippen MR) is 105 cm³/mol. The standard InChI is InChI=1S/C21H28N2O2S/c1-16-8-13-26-21(16)20(24)17-4-2-9-23(14-17)18-6-10-22(11-7-18)15-19-5-3-12-25-19/h3,5,8,12-13,17-18H,2,4,6-7,9-11,14-15H2,1H3/t17-/m1/s1. The average molecular weight is 373 g/mol. The highest BCUT2D eigenvalue weighted by atomic mass is 32.1. The van der Waals surface area contributed by atoms with Crippen molar-refractivity contribution in [2.75, 3.05) is 26.2 Å². The first kappa shape index (κ1) is 18.0. The number of thiophene rings is 1. The molecule has 0 amide bonds. The van der Waals surface area contributed by atoms with E-state index in [1.807, 2.05) is 11.4 Å². The van der Waals surface area contributed by atoms with Crippen molar-refractivity contribution in [3.05, 3.63) is 46.0 Å². The van der Waals surface area contributed by atoms with E-state index in [4.69, 9.17) is 4.42 Å². The summed E-state index contributed by atoms with van der Waals surface area (Å²) in [6, 6.07) is 6.71. The molecule has 2 aromatic heterocycles. The fourth-order valence-electron chi connectivity index (χ4n) is 4.43. The molecule has 2 aromatic rings. The molecule has 0 radical (unpaired) electrons. The maximum atomic E-state index is 12.9. The number of nitrogens with zero attached hydrogens (tertiary/aromatic N) is 2. The third-order valence-electron chi connectivity index (χ3n) is 5.94. The first-order valence-corrected chi connectivity index (χ1v) is 10.7. The van der Waals surface area contributed by atoms with Crippen LogP contribution in [-0.4, -0.2) is 47.8 Å². The Morgan fingerprint density at radius 3 is 2.77 bits per heavy atom. The van der Waals surface area contributed by atoms with Gasteiger partial charge in [-0.1, -0.05) is 0 Å². The number of carbonyl (C=O) groups is 1. The van der Waals surface area contributed by atoms with E-state index in [1.165, 1.54) is 12.8 Å². The lowest BCUT2D eigenvalue weighted by Crippen LogP contribution is -2.49. The highest BCUT2D eigenvalue weighted by Gasteiger charge is 2.32. The number of ketones is 1. The first-order chi connectivity index (χ1) is 12.7. The van der Waals surface area contributed by atoms with Gasteiger partial charge in [-0.05, 0) is 68.3 Å². The number of rotatable bonds is 5. The Labute approximate surface area is 159 Å². The van der Waals surface area contributed by atoms with Crippen LogP contribution in [0.4, 0.5) is 0 Å². The lowest BCUT2D eigenvalue weighted by atomic mass is 9.90. The summed E-state index contributed by atoms with van der Waals surface area (Å²) in [5.74, 6) is 1.61. The van der Waals surface area contributed by atoms with Crippen molar-refractivity contribution < 1.29 is 9.21 Å². The van der Waals surface area contributed by atoms with E-state index in [0.29, 0.717) is 11.8 Å². The Bertz CT molecular complexity index is 716. The van der Waals surface area contributed by atoms with E-state index in [2.05, 4.69) is 28.9 Å². The minimum atomic E-state index is 0.183. The molecule has 2 fully saturated rings. The monoisotopic (exact) mass is 372 g/mol. The molecule has 2 aliphatic heterocycles. The molecule has 0 unspecified atom stereocenters. The summed E-state index contributed by atoms with van der Waals surface area (Å²) in [6.07, 6.45) is 6.33. The van der Waals surface area contributed by atoms with E-state index in [0.717, 1.165) is 61.8 Å². The van der Waals surface area contributed by atoms with Crippen LogP contribution in [0.1, 0.15) is 46.7 Å². The molecule has 0 saturated carbocycles. The zero-order valence-corrected chi connectivity index (χ0v) is 16.3. The normalized spacial score (nSPS) is 23.3. The molecule has 140 valence electrons. The molecule has 5 heteroatoms. The van der Waals surface area contributed by atoms with Gasteiger partial charge in [-0.3, -0.25) is 14.6 Å². The van der Waals surface area contributed by atoms with Crippen LogP contribution in [0, 0.1) is 12.8 Å². The SMILES string of the molecule is Cc1ccsc1C(=O)[C@@H]1CCCN(C2CCN(Cc3ccco3)CC2)C1. The summed E-state index contributed by atoms with van der Waals surface area (Å²) in [4.78, 5) is 19.0. The Morgan fingerprint density at radius 1 is 1.23 bits per heavy atom. The second-order valence-corrected chi connectivity index (χ2v) is 8.63. The average Bonchev–Trinajstić information content (AvgIpc) is 3.33. The van der Waals surface area contributed by atoms with Crippen LogP contribution >= 0.6 is 11.3 Å². The van der Waals surface area contributed by atoms with Crippen molar-refractivity contribution in [2.45, 2.75) is 45.2 Å². The molecule has 1 atom stereocenters. The van der Waals surface area contributed by atoms with Gasteiger partial charge in [-0.25, -0.2) is 0 Å². The Balaban J connectivity index is 1.31. The van der Waals surface area contributed by atoms with Gasteiger partial charge in [0.2, 0.25) is 0 Å². The maximum absolute atomic E-state index is 12.9. The minimum Gasteiger partial charge on any atom is -0.468 e. The second-order valence-electron chi connectivity index (χ2n) is 7.72. The number of furan rings is 1. The van der Waals surface area contributed by atoms with Crippen molar-refractivity contribution in [1.29, 1.82) is 0 Å². The van der Waals surface area contributed by atoms with E-state index >= 15 is 0 Å². The third-order valence-corrected chi connectivity index (χ3v) is 6.97. The molecule has 4 heterocycles. The van der Waals surface area contributed by atoms with Gasteiger partial charge in [-0.15, -0.1) is 11.3 Å². The summed E-state index contributed by atoms with van der Waals surface area (Å²) in [6.45, 7) is 7.29. The van der Waals surface area contributed by atoms with Gasteiger partial charge < -0.3 is 4.42 Å². The fraction of sp³-hybridized carbons (Fsp3) is 0.571. The van der Waals surface area contributed by atoms with Gasteiger partial charge in [-0.2, -0.15) is 0 Å². The molecule has 4 nitrogen and oxygen atoms in total. The third kappa shape index (κ3) is 3.95. The fourth-order valence-corrected chi connectivity index (χ4v) is 5.37. The zero-order valence-electron chi connectivity index (χ0n) is 15.5. The van der Waals surface area contributed by atoms with E-state index in [1.54, 1.807) is 17.6 Å². The van der Waals surface area contributed by atoms with Gasteiger partial charge in [0.25, 0.3) is 0 Å². The molecule has 0 aromatic carbocycles. The first-order valence-electron chi connectivity index (χ1n) is 9.78. The molecule has 0 aliphatic carbocycles. The van der Waals surface area contributed by atoms with Gasteiger partial charge in [0, 0.05) is 31.6 Å². The molecular formula is C21H28N2O2S.